The molecule has 4 nitrogen and oxygen atoms in total. The maximum absolute atomic E-state index is 11.4. The Kier molecular flexibility index (Phi) is 4.90. The zero-order valence-electron chi connectivity index (χ0n) is 9.01. The summed E-state index contributed by atoms with van der Waals surface area (Å²) in [5, 5.41) is 6.06. The molecule has 1 saturated heterocycles. The Hall–Kier alpha value is -0.610. The number of likely N-dealkylation sites (N-methyl/N-ethyl adjacent to an activating group) is 1. The Balaban J connectivity index is 2.24. The number of carbonyl (C=O) groups is 1. The third-order valence-corrected chi connectivity index (χ3v) is 2.39. The first-order valence-electron chi connectivity index (χ1n) is 5.35. The first kappa shape index (κ1) is 11.5. The molecule has 0 aromatic heterocycles. The Morgan fingerprint density at radius 2 is 2.43 bits per heavy atom. The lowest BCUT2D eigenvalue weighted by Gasteiger charge is -2.26. The van der Waals surface area contributed by atoms with E-state index in [0.717, 1.165) is 26.1 Å². The molecule has 0 saturated carbocycles. The Morgan fingerprint density at radius 1 is 1.64 bits per heavy atom. The minimum Gasteiger partial charge on any atom is -0.380 e. The van der Waals surface area contributed by atoms with Crippen molar-refractivity contribution in [3.8, 4) is 0 Å². The molecule has 14 heavy (non-hydrogen) atoms. The third kappa shape index (κ3) is 3.64. The van der Waals surface area contributed by atoms with Crippen LogP contribution in [0.3, 0.4) is 0 Å². The lowest BCUT2D eigenvalue weighted by atomic mass is 10.1. The molecule has 1 aliphatic rings. The van der Waals surface area contributed by atoms with Crippen LogP contribution in [0.15, 0.2) is 0 Å². The number of hydrogen-bond donors (Lipinski definition) is 2. The Bertz CT molecular complexity index is 179. The maximum Gasteiger partial charge on any atom is 0.236 e. The molecular weight excluding hydrogens is 180 g/mol. The van der Waals surface area contributed by atoms with Crippen molar-refractivity contribution in [2.24, 2.45) is 0 Å². The second-order valence-corrected chi connectivity index (χ2v) is 3.70. The first-order chi connectivity index (χ1) is 6.74. The molecule has 0 bridgehead atoms. The van der Waals surface area contributed by atoms with Crippen LogP contribution in [-0.4, -0.2) is 37.7 Å². The summed E-state index contributed by atoms with van der Waals surface area (Å²) in [5.41, 5.74) is 0. The molecule has 4 heteroatoms. The van der Waals surface area contributed by atoms with Crippen molar-refractivity contribution < 1.29 is 9.53 Å². The normalized spacial score (nSPS) is 24.3. The van der Waals surface area contributed by atoms with Gasteiger partial charge in [-0.3, -0.25) is 4.79 Å². The van der Waals surface area contributed by atoms with Crippen molar-refractivity contribution in [3.05, 3.63) is 0 Å². The van der Waals surface area contributed by atoms with Crippen LogP contribution in [0.1, 0.15) is 26.7 Å². The first-order valence-corrected chi connectivity index (χ1v) is 5.35. The second kappa shape index (κ2) is 5.98. The predicted octanol–water partition coefficient (Wildman–Crippen LogP) is 0.280. The van der Waals surface area contributed by atoms with Gasteiger partial charge in [-0.25, -0.2) is 0 Å². The molecule has 1 amide bonds. The van der Waals surface area contributed by atoms with E-state index in [1.54, 1.807) is 0 Å². The van der Waals surface area contributed by atoms with Gasteiger partial charge < -0.3 is 15.4 Å². The Morgan fingerprint density at radius 3 is 3.00 bits per heavy atom. The predicted molar refractivity (Wildman–Crippen MR) is 55.1 cm³/mol. The molecule has 0 spiro atoms. The van der Waals surface area contributed by atoms with Gasteiger partial charge >= 0.3 is 0 Å². The zero-order chi connectivity index (χ0) is 10.4. The molecule has 2 atom stereocenters. The molecule has 1 rings (SSSR count). The lowest BCUT2D eigenvalue weighted by Crippen LogP contribution is -2.49. The van der Waals surface area contributed by atoms with E-state index in [1.165, 1.54) is 0 Å². The largest absolute Gasteiger partial charge is 0.380 e. The van der Waals surface area contributed by atoms with Crippen molar-refractivity contribution in [2.75, 3.05) is 19.8 Å². The van der Waals surface area contributed by atoms with E-state index in [0.29, 0.717) is 12.6 Å². The van der Waals surface area contributed by atoms with Gasteiger partial charge in [-0.05, 0) is 26.7 Å². The molecule has 0 aromatic rings. The molecule has 0 aromatic carbocycles. The standard InChI is InChI=1S/C10H20N2O2/c1-3-11-10(13)8(2)12-9-5-4-6-14-7-9/h8-9,12H,3-7H2,1-2H3,(H,11,13). The number of rotatable bonds is 4. The highest BCUT2D eigenvalue weighted by atomic mass is 16.5. The third-order valence-electron chi connectivity index (χ3n) is 2.39. The smallest absolute Gasteiger partial charge is 0.236 e. The lowest BCUT2D eigenvalue weighted by molar-refractivity contribution is -0.123. The highest BCUT2D eigenvalue weighted by Crippen LogP contribution is 2.06. The monoisotopic (exact) mass is 200 g/mol. The van der Waals surface area contributed by atoms with Gasteiger partial charge in [0.2, 0.25) is 5.91 Å². The quantitative estimate of drug-likeness (QED) is 0.685. The van der Waals surface area contributed by atoms with E-state index < -0.39 is 0 Å². The number of nitrogens with one attached hydrogen (secondary N) is 2. The van der Waals surface area contributed by atoms with E-state index >= 15 is 0 Å². The molecule has 82 valence electrons. The van der Waals surface area contributed by atoms with Crippen LogP contribution in [-0.2, 0) is 9.53 Å². The fourth-order valence-electron chi connectivity index (χ4n) is 1.63. The second-order valence-electron chi connectivity index (χ2n) is 3.70. The van der Waals surface area contributed by atoms with Crippen LogP contribution in [0.25, 0.3) is 0 Å². The van der Waals surface area contributed by atoms with Gasteiger partial charge in [0.15, 0.2) is 0 Å². The van der Waals surface area contributed by atoms with Gasteiger partial charge in [0.25, 0.3) is 0 Å². The average Bonchev–Trinajstić information content (AvgIpc) is 2.19. The topological polar surface area (TPSA) is 50.4 Å². The molecular formula is C10H20N2O2. The average molecular weight is 200 g/mol. The van der Waals surface area contributed by atoms with E-state index in [4.69, 9.17) is 4.74 Å². The van der Waals surface area contributed by atoms with Gasteiger partial charge in [-0.1, -0.05) is 0 Å². The van der Waals surface area contributed by atoms with Gasteiger partial charge in [0.05, 0.1) is 12.6 Å². The summed E-state index contributed by atoms with van der Waals surface area (Å²) in [7, 11) is 0. The van der Waals surface area contributed by atoms with E-state index in [1.807, 2.05) is 13.8 Å². The van der Waals surface area contributed by atoms with Crippen molar-refractivity contribution in [1.29, 1.82) is 0 Å². The molecule has 1 heterocycles. The maximum atomic E-state index is 11.4. The minimum absolute atomic E-state index is 0.0677. The van der Waals surface area contributed by atoms with Crippen molar-refractivity contribution in [3.63, 3.8) is 0 Å². The van der Waals surface area contributed by atoms with Crippen LogP contribution in [0.2, 0.25) is 0 Å². The summed E-state index contributed by atoms with van der Waals surface area (Å²) in [5.74, 6) is 0.0677. The summed E-state index contributed by atoms with van der Waals surface area (Å²) in [6.45, 7) is 6.08. The summed E-state index contributed by atoms with van der Waals surface area (Å²) >= 11 is 0. The summed E-state index contributed by atoms with van der Waals surface area (Å²) in [6, 6.07) is 0.211. The summed E-state index contributed by atoms with van der Waals surface area (Å²) in [4.78, 5) is 11.4. The number of hydrogen-bond acceptors (Lipinski definition) is 3. The fraction of sp³-hybridized carbons (Fsp3) is 0.900. The van der Waals surface area contributed by atoms with E-state index in [2.05, 4.69) is 10.6 Å². The molecule has 2 unspecified atom stereocenters. The van der Waals surface area contributed by atoms with E-state index in [9.17, 15) is 4.79 Å². The number of ether oxygens (including phenoxy) is 1. The number of amides is 1. The molecule has 1 fully saturated rings. The van der Waals surface area contributed by atoms with Crippen LogP contribution >= 0.6 is 0 Å². The summed E-state index contributed by atoms with van der Waals surface area (Å²) < 4.78 is 5.33. The van der Waals surface area contributed by atoms with Crippen molar-refractivity contribution in [2.45, 2.75) is 38.8 Å². The van der Waals surface area contributed by atoms with Crippen LogP contribution < -0.4 is 10.6 Å². The highest BCUT2D eigenvalue weighted by Gasteiger charge is 2.19. The zero-order valence-corrected chi connectivity index (χ0v) is 9.01. The minimum atomic E-state index is -0.123. The number of carbonyl (C=O) groups excluding carboxylic acids is 1. The fourth-order valence-corrected chi connectivity index (χ4v) is 1.63. The van der Waals surface area contributed by atoms with Gasteiger partial charge in [-0.15, -0.1) is 0 Å². The van der Waals surface area contributed by atoms with Crippen LogP contribution in [0.5, 0.6) is 0 Å². The van der Waals surface area contributed by atoms with Gasteiger partial charge in [0.1, 0.15) is 0 Å². The van der Waals surface area contributed by atoms with Crippen LogP contribution in [0, 0.1) is 0 Å². The van der Waals surface area contributed by atoms with Crippen molar-refractivity contribution in [1.82, 2.24) is 10.6 Å². The molecule has 2 N–H and O–H groups in total. The van der Waals surface area contributed by atoms with E-state index in [-0.39, 0.29) is 11.9 Å². The SMILES string of the molecule is CCNC(=O)C(C)NC1CCCOC1. The molecule has 1 aliphatic heterocycles. The molecule has 0 aliphatic carbocycles. The highest BCUT2D eigenvalue weighted by molar-refractivity contribution is 5.81. The van der Waals surface area contributed by atoms with Crippen molar-refractivity contribution >= 4 is 5.91 Å². The van der Waals surface area contributed by atoms with Crippen LogP contribution in [0.4, 0.5) is 0 Å². The summed E-state index contributed by atoms with van der Waals surface area (Å²) in [6.07, 6.45) is 2.18. The Labute approximate surface area is 85.4 Å². The van der Waals surface area contributed by atoms with Gasteiger partial charge in [0, 0.05) is 19.2 Å². The van der Waals surface area contributed by atoms with Gasteiger partial charge in [-0.2, -0.15) is 0 Å². The molecule has 0 radical (unpaired) electrons.